The Bertz CT molecular complexity index is 1390. The lowest BCUT2D eigenvalue weighted by Gasteiger charge is -2.33. The summed E-state index contributed by atoms with van der Waals surface area (Å²) in [6, 6.07) is 8.81. The number of nitrogens with one attached hydrogen (secondary N) is 1. The number of hydrogen-bond donors (Lipinski definition) is 1. The van der Waals surface area contributed by atoms with Crippen LogP contribution in [0.15, 0.2) is 53.7 Å². The zero-order valence-corrected chi connectivity index (χ0v) is 20.7. The van der Waals surface area contributed by atoms with Gasteiger partial charge in [0, 0.05) is 69.3 Å². The molecule has 35 heavy (non-hydrogen) atoms. The quantitative estimate of drug-likeness (QED) is 0.584. The number of benzene rings is 1. The van der Waals surface area contributed by atoms with E-state index >= 15 is 0 Å². The van der Waals surface area contributed by atoms with Crippen molar-refractivity contribution >= 4 is 38.2 Å². The van der Waals surface area contributed by atoms with E-state index < -0.39 is 10.0 Å². The van der Waals surface area contributed by atoms with Crippen LogP contribution in [0.25, 0.3) is 16.6 Å². The fraction of sp³-hybridized carbons (Fsp3) is 0.360. The van der Waals surface area contributed by atoms with Crippen molar-refractivity contribution in [3.8, 4) is 0 Å². The summed E-state index contributed by atoms with van der Waals surface area (Å²) in [4.78, 5) is 25.3. The highest BCUT2D eigenvalue weighted by molar-refractivity contribution is 7.89. The van der Waals surface area contributed by atoms with E-state index in [4.69, 9.17) is 4.74 Å². The Morgan fingerprint density at radius 3 is 2.66 bits per heavy atom. The molecule has 0 aliphatic carbocycles. The minimum Gasteiger partial charge on any atom is -0.378 e. The van der Waals surface area contributed by atoms with Gasteiger partial charge in [0.05, 0.1) is 23.7 Å². The highest BCUT2D eigenvalue weighted by Crippen LogP contribution is 2.31. The summed E-state index contributed by atoms with van der Waals surface area (Å²) >= 11 is 0. The zero-order chi connectivity index (χ0) is 24.6. The maximum absolute atomic E-state index is 13.7. The van der Waals surface area contributed by atoms with Gasteiger partial charge in [-0.3, -0.25) is 4.79 Å². The van der Waals surface area contributed by atoms with Crippen LogP contribution in [0, 0.1) is 0 Å². The molecule has 1 N–H and O–H groups in total. The Labute approximate surface area is 205 Å². The molecule has 0 spiro atoms. The van der Waals surface area contributed by atoms with Gasteiger partial charge in [-0.15, -0.1) is 0 Å². The van der Waals surface area contributed by atoms with Crippen molar-refractivity contribution in [2.75, 3.05) is 58.4 Å². The summed E-state index contributed by atoms with van der Waals surface area (Å²) in [6.07, 6.45) is 6.50. The maximum Gasteiger partial charge on any atom is 0.256 e. The SMILES string of the molecule is CN(C)S(=O)(=O)c1ccc(N2CCOCC2)c(C(=O)N2CC=C(c3c[nH]c4ncccc34)CC2)c1. The van der Waals surface area contributed by atoms with Crippen molar-refractivity contribution < 1.29 is 17.9 Å². The maximum atomic E-state index is 13.7. The van der Waals surface area contributed by atoms with Crippen molar-refractivity contribution in [1.82, 2.24) is 19.2 Å². The molecular weight excluding hydrogens is 466 g/mol. The number of sulfonamides is 1. The second kappa shape index (κ2) is 9.44. The van der Waals surface area contributed by atoms with Crippen LogP contribution in [0.5, 0.6) is 0 Å². The summed E-state index contributed by atoms with van der Waals surface area (Å²) in [5.74, 6) is -0.168. The fourth-order valence-electron chi connectivity index (χ4n) is 4.63. The molecule has 1 saturated heterocycles. The van der Waals surface area contributed by atoms with Gasteiger partial charge in [0.2, 0.25) is 10.0 Å². The van der Waals surface area contributed by atoms with E-state index in [1.54, 1.807) is 23.2 Å². The minimum absolute atomic E-state index is 0.113. The number of ether oxygens (including phenoxy) is 1. The molecule has 10 heteroatoms. The minimum atomic E-state index is -3.67. The monoisotopic (exact) mass is 495 g/mol. The molecule has 0 unspecified atom stereocenters. The van der Waals surface area contributed by atoms with Gasteiger partial charge in [0.25, 0.3) is 5.91 Å². The van der Waals surface area contributed by atoms with Crippen molar-refractivity contribution in [1.29, 1.82) is 0 Å². The summed E-state index contributed by atoms with van der Waals surface area (Å²) in [5, 5.41) is 1.06. The lowest BCUT2D eigenvalue weighted by molar-refractivity contribution is 0.0772. The van der Waals surface area contributed by atoms with Crippen LogP contribution in [-0.4, -0.2) is 87.0 Å². The van der Waals surface area contributed by atoms with Gasteiger partial charge in [-0.2, -0.15) is 0 Å². The second-order valence-corrected chi connectivity index (χ2v) is 11.1. The van der Waals surface area contributed by atoms with E-state index in [0.717, 1.165) is 26.6 Å². The topological polar surface area (TPSA) is 98.8 Å². The molecule has 1 aromatic carbocycles. The average molecular weight is 496 g/mol. The van der Waals surface area contributed by atoms with Gasteiger partial charge in [-0.05, 0) is 42.3 Å². The van der Waals surface area contributed by atoms with Crippen molar-refractivity contribution in [3.05, 3.63) is 59.9 Å². The molecule has 9 nitrogen and oxygen atoms in total. The molecule has 5 rings (SSSR count). The number of aromatic nitrogens is 2. The lowest BCUT2D eigenvalue weighted by atomic mass is 9.99. The van der Waals surface area contributed by atoms with Gasteiger partial charge in [-0.1, -0.05) is 6.08 Å². The van der Waals surface area contributed by atoms with Crippen molar-refractivity contribution in [3.63, 3.8) is 0 Å². The van der Waals surface area contributed by atoms with Crippen molar-refractivity contribution in [2.45, 2.75) is 11.3 Å². The third-order valence-corrected chi connectivity index (χ3v) is 8.43. The smallest absolute Gasteiger partial charge is 0.256 e. The highest BCUT2D eigenvalue weighted by Gasteiger charge is 2.28. The van der Waals surface area contributed by atoms with Gasteiger partial charge in [0.15, 0.2) is 0 Å². The van der Waals surface area contributed by atoms with Gasteiger partial charge >= 0.3 is 0 Å². The van der Waals surface area contributed by atoms with Crippen LogP contribution in [0.1, 0.15) is 22.3 Å². The summed E-state index contributed by atoms with van der Waals surface area (Å²) in [5.41, 5.74) is 4.27. The summed E-state index contributed by atoms with van der Waals surface area (Å²) in [6.45, 7) is 3.44. The van der Waals surface area contributed by atoms with E-state index in [9.17, 15) is 13.2 Å². The zero-order valence-electron chi connectivity index (χ0n) is 19.9. The lowest BCUT2D eigenvalue weighted by Crippen LogP contribution is -2.39. The Balaban J connectivity index is 1.46. The van der Waals surface area contributed by atoms with E-state index in [1.807, 2.05) is 18.3 Å². The number of carbonyl (C=O) groups is 1. The predicted octanol–water partition coefficient (Wildman–Crippen LogP) is 2.58. The number of hydrogen-bond acceptors (Lipinski definition) is 6. The number of H-pyrrole nitrogens is 1. The van der Waals surface area contributed by atoms with E-state index in [0.29, 0.717) is 51.4 Å². The van der Waals surface area contributed by atoms with Crippen LogP contribution in [0.4, 0.5) is 5.69 Å². The standard InChI is InChI=1S/C25H29N5O4S/c1-28(2)35(32,33)19-5-6-23(29-12-14-34-15-13-29)21(16-19)25(31)30-10-7-18(8-11-30)22-17-27-24-20(22)4-3-9-26-24/h3-7,9,16-17H,8,10-15H2,1-2H3,(H,26,27). The molecule has 1 amide bonds. The number of fused-ring (bicyclic) bond motifs is 1. The number of nitrogens with zero attached hydrogens (tertiary/aromatic N) is 4. The van der Waals surface area contributed by atoms with Crippen LogP contribution in [0.3, 0.4) is 0 Å². The first-order valence-corrected chi connectivity index (χ1v) is 13.1. The number of amides is 1. The molecule has 0 radical (unpaired) electrons. The fourth-order valence-corrected chi connectivity index (χ4v) is 5.56. The molecule has 2 aliphatic rings. The van der Waals surface area contributed by atoms with Gasteiger partial charge < -0.3 is 19.5 Å². The number of aromatic amines is 1. The van der Waals surface area contributed by atoms with Crippen molar-refractivity contribution in [2.24, 2.45) is 0 Å². The average Bonchev–Trinajstić information content (AvgIpc) is 3.32. The molecule has 0 atom stereocenters. The number of carbonyl (C=O) groups excluding carboxylic acids is 1. The number of rotatable bonds is 5. The van der Waals surface area contributed by atoms with Crippen LogP contribution in [-0.2, 0) is 14.8 Å². The third kappa shape index (κ3) is 4.44. The first-order valence-electron chi connectivity index (χ1n) is 11.7. The first-order chi connectivity index (χ1) is 16.9. The second-order valence-electron chi connectivity index (χ2n) is 8.90. The van der Waals surface area contributed by atoms with E-state index in [2.05, 4.69) is 20.9 Å². The van der Waals surface area contributed by atoms with Gasteiger partial charge in [0.1, 0.15) is 5.65 Å². The molecule has 4 heterocycles. The molecule has 0 saturated carbocycles. The van der Waals surface area contributed by atoms with Crippen LogP contribution >= 0.6 is 0 Å². The Hall–Kier alpha value is -3.21. The Morgan fingerprint density at radius 2 is 1.94 bits per heavy atom. The highest BCUT2D eigenvalue weighted by atomic mass is 32.2. The van der Waals surface area contributed by atoms with Crippen LogP contribution in [0.2, 0.25) is 0 Å². The largest absolute Gasteiger partial charge is 0.378 e. The summed E-state index contributed by atoms with van der Waals surface area (Å²) in [7, 11) is -0.692. The Kier molecular flexibility index (Phi) is 6.35. The molecule has 3 aromatic rings. The Morgan fingerprint density at radius 1 is 1.14 bits per heavy atom. The van der Waals surface area contributed by atoms with E-state index in [-0.39, 0.29) is 10.8 Å². The third-order valence-electron chi connectivity index (χ3n) is 6.62. The first kappa shape index (κ1) is 23.5. The van der Waals surface area contributed by atoms with Gasteiger partial charge in [-0.25, -0.2) is 17.7 Å². The summed E-state index contributed by atoms with van der Waals surface area (Å²) < 4.78 is 32.2. The number of pyridine rings is 1. The molecule has 1 fully saturated rings. The predicted molar refractivity (Wildman–Crippen MR) is 135 cm³/mol. The molecule has 0 bridgehead atoms. The van der Waals surface area contributed by atoms with Crippen LogP contribution < -0.4 is 4.90 Å². The molecule has 2 aromatic heterocycles. The number of morpholine rings is 1. The number of anilines is 1. The van der Waals surface area contributed by atoms with E-state index in [1.165, 1.54) is 25.7 Å². The normalized spacial score (nSPS) is 17.2. The molecule has 2 aliphatic heterocycles. The molecule has 184 valence electrons. The molecular formula is C25H29N5O4S.